The van der Waals surface area contributed by atoms with Crippen molar-refractivity contribution in [2.75, 3.05) is 19.0 Å². The summed E-state index contributed by atoms with van der Waals surface area (Å²) in [6.45, 7) is 7.17. The third-order valence-corrected chi connectivity index (χ3v) is 2.72. The van der Waals surface area contributed by atoms with Crippen molar-refractivity contribution < 1.29 is 9.47 Å². The van der Waals surface area contributed by atoms with Crippen LogP contribution in [0, 0.1) is 6.92 Å². The van der Waals surface area contributed by atoms with Crippen LogP contribution in [-0.2, 0) is 9.47 Å². The van der Waals surface area contributed by atoms with E-state index in [0.717, 1.165) is 10.9 Å². The van der Waals surface area contributed by atoms with E-state index in [0.29, 0.717) is 19.0 Å². The Bertz CT molecular complexity index is 304. The fourth-order valence-electron chi connectivity index (χ4n) is 1.15. The first-order valence-corrected chi connectivity index (χ1v) is 6.40. The van der Waals surface area contributed by atoms with E-state index in [4.69, 9.17) is 9.47 Å². The van der Waals surface area contributed by atoms with Gasteiger partial charge in [-0.15, -0.1) is 0 Å². The maximum Gasteiger partial charge on any atom is 0.187 e. The Labute approximate surface area is 101 Å². The van der Waals surface area contributed by atoms with E-state index in [1.165, 1.54) is 0 Å². The van der Waals surface area contributed by atoms with E-state index in [9.17, 15) is 0 Å². The molecule has 1 heterocycles. The summed E-state index contributed by atoms with van der Waals surface area (Å²) in [4.78, 5) is 8.48. The quantitative estimate of drug-likeness (QED) is 0.417. The molecule has 0 aliphatic carbocycles. The highest BCUT2D eigenvalue weighted by molar-refractivity contribution is 7.99. The molecule has 0 spiro atoms. The molecular formula is C11H18N2O2S. The fourth-order valence-corrected chi connectivity index (χ4v) is 1.98. The maximum absolute atomic E-state index is 5.44. The second kappa shape index (κ2) is 7.60. The molecule has 0 radical (unpaired) electrons. The first-order valence-electron chi connectivity index (χ1n) is 5.42. The van der Waals surface area contributed by atoms with Crippen LogP contribution in [0.4, 0.5) is 0 Å². The summed E-state index contributed by atoms with van der Waals surface area (Å²) < 4.78 is 10.9. The van der Waals surface area contributed by atoms with E-state index in [-0.39, 0.29) is 6.29 Å². The number of ether oxygens (including phenoxy) is 2. The zero-order valence-electron chi connectivity index (χ0n) is 9.97. The maximum atomic E-state index is 5.44. The fraction of sp³-hybridized carbons (Fsp3) is 0.636. The molecule has 1 rings (SSSR count). The average molecular weight is 242 g/mol. The second-order valence-corrected chi connectivity index (χ2v) is 4.12. The van der Waals surface area contributed by atoms with Gasteiger partial charge in [-0.25, -0.2) is 9.97 Å². The number of hydrogen-bond donors (Lipinski definition) is 0. The summed E-state index contributed by atoms with van der Waals surface area (Å²) in [7, 11) is 0. The minimum atomic E-state index is -0.177. The minimum Gasteiger partial charge on any atom is -0.352 e. The number of thioether (sulfide) groups is 1. The van der Waals surface area contributed by atoms with Gasteiger partial charge >= 0.3 is 0 Å². The van der Waals surface area contributed by atoms with E-state index >= 15 is 0 Å². The Kier molecular flexibility index (Phi) is 6.37. The summed E-state index contributed by atoms with van der Waals surface area (Å²) >= 11 is 1.55. The van der Waals surface area contributed by atoms with Crippen LogP contribution >= 0.6 is 11.8 Å². The number of aromatic nitrogens is 2. The molecule has 0 aliphatic rings. The predicted molar refractivity (Wildman–Crippen MR) is 64.5 cm³/mol. The lowest BCUT2D eigenvalue weighted by Gasteiger charge is -2.15. The Balaban J connectivity index is 2.41. The van der Waals surface area contributed by atoms with Gasteiger partial charge in [-0.3, -0.25) is 0 Å². The van der Waals surface area contributed by atoms with Crippen LogP contribution in [0.3, 0.4) is 0 Å². The zero-order chi connectivity index (χ0) is 11.8. The molecule has 0 saturated heterocycles. The molecule has 0 fully saturated rings. The molecule has 0 amide bonds. The van der Waals surface area contributed by atoms with Crippen molar-refractivity contribution in [2.24, 2.45) is 0 Å². The molecule has 0 saturated carbocycles. The van der Waals surface area contributed by atoms with Gasteiger partial charge in [0.15, 0.2) is 11.4 Å². The Hall–Kier alpha value is -0.650. The third-order valence-electron chi connectivity index (χ3n) is 1.83. The van der Waals surface area contributed by atoms with Crippen LogP contribution < -0.4 is 0 Å². The van der Waals surface area contributed by atoms with Crippen molar-refractivity contribution in [1.29, 1.82) is 0 Å². The molecule has 0 unspecified atom stereocenters. The van der Waals surface area contributed by atoms with Crippen LogP contribution in [-0.4, -0.2) is 35.2 Å². The lowest BCUT2D eigenvalue weighted by Crippen LogP contribution is -2.20. The Morgan fingerprint density at radius 1 is 1.31 bits per heavy atom. The highest BCUT2D eigenvalue weighted by Crippen LogP contribution is 2.15. The number of nitrogens with zero attached hydrogens (tertiary/aromatic N) is 2. The van der Waals surface area contributed by atoms with Crippen molar-refractivity contribution in [3.63, 3.8) is 0 Å². The molecule has 1 aromatic rings. The van der Waals surface area contributed by atoms with Crippen LogP contribution in [0.15, 0.2) is 17.4 Å². The number of rotatable bonds is 7. The molecule has 0 N–H and O–H groups in total. The molecule has 0 bridgehead atoms. The van der Waals surface area contributed by atoms with E-state index in [2.05, 4.69) is 9.97 Å². The minimum absolute atomic E-state index is 0.177. The van der Waals surface area contributed by atoms with Crippen LogP contribution in [0.2, 0.25) is 0 Å². The van der Waals surface area contributed by atoms with Crippen molar-refractivity contribution >= 4 is 11.8 Å². The van der Waals surface area contributed by atoms with Gasteiger partial charge in [0.2, 0.25) is 0 Å². The van der Waals surface area contributed by atoms with Gasteiger partial charge in [0, 0.05) is 25.1 Å². The molecule has 90 valence electrons. The third kappa shape index (κ3) is 4.92. The highest BCUT2D eigenvalue weighted by atomic mass is 32.2. The van der Waals surface area contributed by atoms with Gasteiger partial charge in [-0.1, -0.05) is 11.8 Å². The first kappa shape index (κ1) is 13.4. The van der Waals surface area contributed by atoms with E-state index < -0.39 is 0 Å². The topological polar surface area (TPSA) is 44.2 Å². The molecule has 5 heteroatoms. The van der Waals surface area contributed by atoms with E-state index in [1.54, 1.807) is 18.0 Å². The summed E-state index contributed by atoms with van der Waals surface area (Å²) in [5.74, 6) is 0.713. The summed E-state index contributed by atoms with van der Waals surface area (Å²) in [5, 5.41) is 0.768. The molecule has 0 aromatic carbocycles. The Morgan fingerprint density at radius 2 is 2.00 bits per heavy atom. The molecule has 4 nitrogen and oxygen atoms in total. The molecule has 1 aromatic heterocycles. The molecule has 0 aliphatic heterocycles. The van der Waals surface area contributed by atoms with Gasteiger partial charge < -0.3 is 9.47 Å². The molecule has 0 atom stereocenters. The lowest BCUT2D eigenvalue weighted by atomic mass is 10.5. The first-order chi connectivity index (χ1) is 7.76. The average Bonchev–Trinajstić information content (AvgIpc) is 2.27. The molecular weight excluding hydrogens is 224 g/mol. The van der Waals surface area contributed by atoms with Crippen LogP contribution in [0.1, 0.15) is 19.5 Å². The van der Waals surface area contributed by atoms with Gasteiger partial charge in [0.25, 0.3) is 0 Å². The number of aryl methyl sites for hydroxylation is 1. The van der Waals surface area contributed by atoms with Gasteiger partial charge in [0.1, 0.15) is 0 Å². The van der Waals surface area contributed by atoms with Crippen LogP contribution in [0.25, 0.3) is 0 Å². The van der Waals surface area contributed by atoms with E-state index in [1.807, 2.05) is 26.8 Å². The van der Waals surface area contributed by atoms with Crippen molar-refractivity contribution in [1.82, 2.24) is 9.97 Å². The molecule has 16 heavy (non-hydrogen) atoms. The van der Waals surface area contributed by atoms with Crippen molar-refractivity contribution in [3.05, 3.63) is 18.0 Å². The Morgan fingerprint density at radius 3 is 2.56 bits per heavy atom. The summed E-state index contributed by atoms with van der Waals surface area (Å²) in [5.41, 5.74) is 0.974. The lowest BCUT2D eigenvalue weighted by molar-refractivity contribution is -0.120. The zero-order valence-corrected chi connectivity index (χ0v) is 10.8. The van der Waals surface area contributed by atoms with Crippen molar-refractivity contribution in [3.8, 4) is 0 Å². The standard InChI is InChI=1S/C11H18N2O2S/c1-4-14-10(15-5-2)8-16-11-12-7-6-9(3)13-11/h6-7,10H,4-5,8H2,1-3H3. The van der Waals surface area contributed by atoms with Crippen molar-refractivity contribution in [2.45, 2.75) is 32.2 Å². The SMILES string of the molecule is CCOC(CSc1nccc(C)n1)OCC. The monoisotopic (exact) mass is 242 g/mol. The van der Waals surface area contributed by atoms with Gasteiger partial charge in [-0.2, -0.15) is 0 Å². The predicted octanol–water partition coefficient (Wildman–Crippen LogP) is 2.28. The van der Waals surface area contributed by atoms with Crippen LogP contribution in [0.5, 0.6) is 0 Å². The summed E-state index contributed by atoms with van der Waals surface area (Å²) in [6, 6.07) is 1.88. The highest BCUT2D eigenvalue weighted by Gasteiger charge is 2.09. The largest absolute Gasteiger partial charge is 0.352 e. The second-order valence-electron chi connectivity index (χ2n) is 3.13. The van der Waals surface area contributed by atoms with Gasteiger partial charge in [0.05, 0.1) is 5.75 Å². The normalized spacial score (nSPS) is 11.0. The number of hydrogen-bond acceptors (Lipinski definition) is 5. The smallest absolute Gasteiger partial charge is 0.187 e. The summed E-state index contributed by atoms with van der Waals surface area (Å²) in [6.07, 6.45) is 1.59. The van der Waals surface area contributed by atoms with Gasteiger partial charge in [-0.05, 0) is 26.8 Å².